The fraction of sp³-hybridized carbons (Fsp3) is 0.333. The summed E-state index contributed by atoms with van der Waals surface area (Å²) in [5, 5.41) is 11.4. The van der Waals surface area contributed by atoms with Crippen LogP contribution in [0.4, 0.5) is 0 Å². The minimum absolute atomic E-state index is 0.0178. The van der Waals surface area contributed by atoms with Gasteiger partial charge >= 0.3 is 5.69 Å². The van der Waals surface area contributed by atoms with Crippen molar-refractivity contribution in [1.82, 2.24) is 15.3 Å². The van der Waals surface area contributed by atoms with E-state index in [0.29, 0.717) is 19.4 Å². The minimum atomic E-state index is -0.242. The zero-order chi connectivity index (χ0) is 13.0. The molecule has 0 aliphatic heterocycles. The highest BCUT2D eigenvalue weighted by Gasteiger charge is 2.03. The Balaban J connectivity index is 1.99. The van der Waals surface area contributed by atoms with Gasteiger partial charge in [0, 0.05) is 19.6 Å². The van der Waals surface area contributed by atoms with Crippen LogP contribution < -0.4 is 11.0 Å². The molecule has 96 valence electrons. The summed E-state index contributed by atoms with van der Waals surface area (Å²) in [6.07, 6.45) is 0.787. The molecule has 0 atom stereocenters. The first-order valence-electron chi connectivity index (χ1n) is 5.77. The molecule has 4 N–H and O–H groups in total. The number of aliphatic hydroxyl groups is 1. The molecule has 2 rings (SSSR count). The molecule has 1 heterocycles. The van der Waals surface area contributed by atoms with Crippen molar-refractivity contribution in [2.24, 2.45) is 0 Å². The SMILES string of the molecule is O=C(CCCO)NCc1ccc2[nH]c(=O)[nH]c2c1. The van der Waals surface area contributed by atoms with Crippen LogP contribution in [0.15, 0.2) is 23.0 Å². The predicted molar refractivity (Wildman–Crippen MR) is 67.1 cm³/mol. The van der Waals surface area contributed by atoms with Crippen LogP contribution in [0.3, 0.4) is 0 Å². The Hall–Kier alpha value is -2.08. The van der Waals surface area contributed by atoms with Crippen molar-refractivity contribution in [3.63, 3.8) is 0 Å². The molecule has 1 aromatic heterocycles. The summed E-state index contributed by atoms with van der Waals surface area (Å²) in [6.45, 7) is 0.428. The van der Waals surface area contributed by atoms with Gasteiger partial charge in [-0.1, -0.05) is 6.07 Å². The van der Waals surface area contributed by atoms with Gasteiger partial charge in [0.05, 0.1) is 11.0 Å². The number of aliphatic hydroxyl groups excluding tert-OH is 1. The van der Waals surface area contributed by atoms with E-state index in [-0.39, 0.29) is 18.2 Å². The van der Waals surface area contributed by atoms with Gasteiger partial charge in [-0.3, -0.25) is 4.79 Å². The maximum absolute atomic E-state index is 11.4. The standard InChI is InChI=1S/C12H15N3O3/c16-5-1-2-11(17)13-7-8-3-4-9-10(6-8)15-12(18)14-9/h3-4,6,16H,1-2,5,7H2,(H,13,17)(H2,14,15,18). The lowest BCUT2D eigenvalue weighted by Crippen LogP contribution is -2.22. The molecule has 18 heavy (non-hydrogen) atoms. The Morgan fingerprint density at radius 2 is 2.06 bits per heavy atom. The van der Waals surface area contributed by atoms with Crippen LogP contribution in [0.2, 0.25) is 0 Å². The van der Waals surface area contributed by atoms with Gasteiger partial charge in [-0.2, -0.15) is 0 Å². The molecular formula is C12H15N3O3. The highest BCUT2D eigenvalue weighted by Crippen LogP contribution is 2.09. The summed E-state index contributed by atoms with van der Waals surface area (Å²) >= 11 is 0. The number of carbonyl (C=O) groups is 1. The summed E-state index contributed by atoms with van der Waals surface area (Å²) in [5.74, 6) is -0.0910. The fourth-order valence-electron chi connectivity index (χ4n) is 1.72. The smallest absolute Gasteiger partial charge is 0.323 e. The normalized spacial score (nSPS) is 10.7. The Morgan fingerprint density at radius 1 is 1.28 bits per heavy atom. The second-order valence-electron chi connectivity index (χ2n) is 4.06. The first-order chi connectivity index (χ1) is 8.69. The van der Waals surface area contributed by atoms with Gasteiger partial charge in [0.2, 0.25) is 5.91 Å². The van der Waals surface area contributed by atoms with E-state index in [4.69, 9.17) is 5.11 Å². The molecule has 0 aliphatic rings. The molecule has 6 heteroatoms. The van der Waals surface area contributed by atoms with Crippen LogP contribution in [0, 0.1) is 0 Å². The number of H-pyrrole nitrogens is 2. The maximum Gasteiger partial charge on any atom is 0.323 e. The number of amides is 1. The number of hydrogen-bond donors (Lipinski definition) is 4. The average molecular weight is 249 g/mol. The number of carbonyl (C=O) groups excluding carboxylic acids is 1. The number of nitrogens with one attached hydrogen (secondary N) is 3. The van der Waals surface area contributed by atoms with Crippen LogP contribution >= 0.6 is 0 Å². The number of aromatic amines is 2. The van der Waals surface area contributed by atoms with Gasteiger partial charge in [-0.25, -0.2) is 4.79 Å². The van der Waals surface area contributed by atoms with E-state index in [2.05, 4.69) is 15.3 Å². The molecule has 0 spiro atoms. The second kappa shape index (κ2) is 5.50. The molecule has 0 unspecified atom stereocenters. The van der Waals surface area contributed by atoms with E-state index < -0.39 is 0 Å². The molecule has 1 aromatic carbocycles. The number of imidazole rings is 1. The number of rotatable bonds is 5. The van der Waals surface area contributed by atoms with E-state index in [1.54, 1.807) is 6.07 Å². The number of fused-ring (bicyclic) bond motifs is 1. The van der Waals surface area contributed by atoms with E-state index in [9.17, 15) is 9.59 Å². The topological polar surface area (TPSA) is 98.0 Å². The Bertz CT molecular complexity index is 600. The highest BCUT2D eigenvalue weighted by atomic mass is 16.3. The minimum Gasteiger partial charge on any atom is -0.396 e. The second-order valence-corrected chi connectivity index (χ2v) is 4.06. The van der Waals surface area contributed by atoms with Crippen molar-refractivity contribution in [3.8, 4) is 0 Å². The van der Waals surface area contributed by atoms with E-state index in [0.717, 1.165) is 16.6 Å². The number of hydrogen-bond acceptors (Lipinski definition) is 3. The summed E-state index contributed by atoms with van der Waals surface area (Å²) in [4.78, 5) is 27.8. The van der Waals surface area contributed by atoms with Gasteiger partial charge in [0.15, 0.2) is 0 Å². The molecule has 0 radical (unpaired) electrons. The monoisotopic (exact) mass is 249 g/mol. The Labute approximate surface area is 103 Å². The fourth-order valence-corrected chi connectivity index (χ4v) is 1.72. The Kier molecular flexibility index (Phi) is 3.78. The summed E-state index contributed by atoms with van der Waals surface area (Å²) in [6, 6.07) is 5.46. The van der Waals surface area contributed by atoms with E-state index >= 15 is 0 Å². The lowest BCUT2D eigenvalue weighted by Gasteiger charge is -2.04. The van der Waals surface area contributed by atoms with Crippen molar-refractivity contribution in [1.29, 1.82) is 0 Å². The predicted octanol–water partition coefficient (Wildman–Crippen LogP) is 0.245. The van der Waals surface area contributed by atoms with E-state index in [1.807, 2.05) is 12.1 Å². The zero-order valence-corrected chi connectivity index (χ0v) is 9.82. The van der Waals surface area contributed by atoms with Crippen LogP contribution in [0.25, 0.3) is 11.0 Å². The van der Waals surface area contributed by atoms with Crippen molar-refractivity contribution < 1.29 is 9.90 Å². The van der Waals surface area contributed by atoms with E-state index in [1.165, 1.54) is 0 Å². The number of aromatic nitrogens is 2. The van der Waals surface area contributed by atoms with Crippen molar-refractivity contribution in [3.05, 3.63) is 34.2 Å². The van der Waals surface area contributed by atoms with Crippen molar-refractivity contribution in [2.75, 3.05) is 6.61 Å². The highest BCUT2D eigenvalue weighted by molar-refractivity contribution is 5.77. The molecule has 0 bridgehead atoms. The number of benzene rings is 1. The summed E-state index contributed by atoms with van der Waals surface area (Å²) in [5.41, 5.74) is 2.14. The zero-order valence-electron chi connectivity index (χ0n) is 9.82. The van der Waals surface area contributed by atoms with Gasteiger partial charge in [-0.05, 0) is 24.1 Å². The van der Waals surface area contributed by atoms with Gasteiger partial charge < -0.3 is 20.4 Å². The molecule has 2 aromatic rings. The molecule has 1 amide bonds. The molecule has 0 saturated carbocycles. The third kappa shape index (κ3) is 2.98. The van der Waals surface area contributed by atoms with Gasteiger partial charge in [0.1, 0.15) is 0 Å². The molecular weight excluding hydrogens is 234 g/mol. The first kappa shape index (κ1) is 12.4. The summed E-state index contributed by atoms with van der Waals surface area (Å²) < 4.78 is 0. The first-order valence-corrected chi connectivity index (χ1v) is 5.77. The quantitative estimate of drug-likeness (QED) is 0.611. The van der Waals surface area contributed by atoms with Crippen LogP contribution in [-0.4, -0.2) is 27.6 Å². The summed E-state index contributed by atoms with van der Waals surface area (Å²) in [7, 11) is 0. The van der Waals surface area contributed by atoms with Crippen molar-refractivity contribution >= 4 is 16.9 Å². The van der Waals surface area contributed by atoms with Crippen LogP contribution in [0.5, 0.6) is 0 Å². The van der Waals surface area contributed by atoms with Crippen LogP contribution in [0.1, 0.15) is 18.4 Å². The van der Waals surface area contributed by atoms with Gasteiger partial charge in [-0.15, -0.1) is 0 Å². The van der Waals surface area contributed by atoms with Crippen LogP contribution in [-0.2, 0) is 11.3 Å². The van der Waals surface area contributed by atoms with Crippen molar-refractivity contribution in [2.45, 2.75) is 19.4 Å². The third-order valence-electron chi connectivity index (χ3n) is 2.63. The molecule has 0 saturated heterocycles. The Morgan fingerprint density at radius 3 is 2.83 bits per heavy atom. The third-order valence-corrected chi connectivity index (χ3v) is 2.63. The lowest BCUT2D eigenvalue weighted by molar-refractivity contribution is -0.121. The molecule has 0 fully saturated rings. The average Bonchev–Trinajstić information content (AvgIpc) is 2.73. The lowest BCUT2D eigenvalue weighted by atomic mass is 10.2. The molecule has 6 nitrogen and oxygen atoms in total. The van der Waals surface area contributed by atoms with Gasteiger partial charge in [0.25, 0.3) is 0 Å². The largest absolute Gasteiger partial charge is 0.396 e. The molecule has 0 aliphatic carbocycles. The maximum atomic E-state index is 11.4.